The fraction of sp³-hybridized carbons (Fsp3) is 0.889. The molecule has 2 amide bonds. The van der Waals surface area contributed by atoms with Crippen LogP contribution in [0.4, 0.5) is 0 Å². The third-order valence-electron chi connectivity index (χ3n) is 5.86. The van der Waals surface area contributed by atoms with Gasteiger partial charge in [-0.1, -0.05) is 6.92 Å². The zero-order valence-corrected chi connectivity index (χ0v) is 14.9. The van der Waals surface area contributed by atoms with E-state index in [0.29, 0.717) is 19.1 Å². The van der Waals surface area contributed by atoms with Crippen LogP contribution in [0.15, 0.2) is 0 Å². The molecule has 3 heterocycles. The summed E-state index contributed by atoms with van der Waals surface area (Å²) in [5.74, 6) is 0.828. The van der Waals surface area contributed by atoms with E-state index in [0.717, 1.165) is 71.5 Å². The summed E-state index contributed by atoms with van der Waals surface area (Å²) < 4.78 is 5.34. The first-order valence-electron chi connectivity index (χ1n) is 9.56. The van der Waals surface area contributed by atoms with Crippen LogP contribution in [0, 0.1) is 11.8 Å². The number of ether oxygens (including phenoxy) is 1. The summed E-state index contributed by atoms with van der Waals surface area (Å²) in [7, 11) is 0. The van der Waals surface area contributed by atoms with Crippen LogP contribution < -0.4 is 0 Å². The average molecular weight is 337 g/mol. The number of rotatable bonds is 3. The highest BCUT2D eigenvalue weighted by Gasteiger charge is 2.33. The van der Waals surface area contributed by atoms with Crippen LogP contribution in [0.1, 0.15) is 32.6 Å². The molecule has 0 bridgehead atoms. The third-order valence-corrected chi connectivity index (χ3v) is 5.86. The van der Waals surface area contributed by atoms with E-state index in [1.54, 1.807) is 0 Å². The molecule has 24 heavy (non-hydrogen) atoms. The van der Waals surface area contributed by atoms with Crippen LogP contribution in [0.2, 0.25) is 0 Å². The predicted octanol–water partition coefficient (Wildman–Crippen LogP) is 0.816. The van der Waals surface area contributed by atoms with E-state index in [4.69, 9.17) is 4.74 Å². The number of hydrogen-bond acceptors (Lipinski definition) is 4. The molecule has 6 nitrogen and oxygen atoms in total. The molecule has 0 N–H and O–H groups in total. The molecule has 0 aliphatic carbocycles. The van der Waals surface area contributed by atoms with Crippen molar-refractivity contribution in [3.8, 4) is 0 Å². The molecule has 3 saturated heterocycles. The van der Waals surface area contributed by atoms with Crippen molar-refractivity contribution >= 4 is 11.8 Å². The van der Waals surface area contributed by atoms with Gasteiger partial charge < -0.3 is 19.4 Å². The Bertz CT molecular complexity index is 435. The molecule has 3 fully saturated rings. The summed E-state index contributed by atoms with van der Waals surface area (Å²) in [5, 5.41) is 0. The van der Waals surface area contributed by atoms with Gasteiger partial charge in [0.2, 0.25) is 11.8 Å². The van der Waals surface area contributed by atoms with Crippen molar-refractivity contribution in [1.29, 1.82) is 0 Å². The Morgan fingerprint density at radius 1 is 0.792 bits per heavy atom. The summed E-state index contributed by atoms with van der Waals surface area (Å²) in [4.78, 5) is 31.7. The molecule has 3 aliphatic rings. The van der Waals surface area contributed by atoms with Crippen molar-refractivity contribution in [2.24, 2.45) is 11.8 Å². The summed E-state index contributed by atoms with van der Waals surface area (Å²) in [5.41, 5.74) is 0. The third kappa shape index (κ3) is 4.09. The first kappa shape index (κ1) is 17.7. The highest BCUT2D eigenvalue weighted by atomic mass is 16.5. The molecule has 0 atom stereocenters. The molecule has 6 heteroatoms. The van der Waals surface area contributed by atoms with Gasteiger partial charge in [0.15, 0.2) is 0 Å². The Balaban J connectivity index is 1.44. The van der Waals surface area contributed by atoms with Crippen molar-refractivity contribution in [1.82, 2.24) is 14.7 Å². The highest BCUT2D eigenvalue weighted by Crippen LogP contribution is 2.24. The quantitative estimate of drug-likeness (QED) is 0.765. The molecule has 3 rings (SSSR count). The Labute approximate surface area is 145 Å². The number of amides is 2. The normalized spacial score (nSPS) is 25.0. The van der Waals surface area contributed by atoms with E-state index < -0.39 is 0 Å². The number of piperidine rings is 1. The summed E-state index contributed by atoms with van der Waals surface area (Å²) in [6.45, 7) is 9.80. The Hall–Kier alpha value is -1.14. The number of carbonyl (C=O) groups excluding carboxylic acids is 2. The highest BCUT2D eigenvalue weighted by molar-refractivity contribution is 5.81. The van der Waals surface area contributed by atoms with Crippen molar-refractivity contribution in [3.63, 3.8) is 0 Å². The van der Waals surface area contributed by atoms with E-state index in [9.17, 15) is 9.59 Å². The van der Waals surface area contributed by atoms with E-state index in [1.165, 1.54) is 0 Å². The van der Waals surface area contributed by atoms with Gasteiger partial charge in [-0.3, -0.25) is 9.59 Å². The maximum absolute atomic E-state index is 12.7. The molecular weight excluding hydrogens is 306 g/mol. The SMILES string of the molecule is CCN1CCN(C(=O)C2CCN(C(=O)C3CCOCC3)CC2)CC1. The van der Waals surface area contributed by atoms with Crippen LogP contribution in [0.25, 0.3) is 0 Å². The number of carbonyl (C=O) groups is 2. The number of likely N-dealkylation sites (N-methyl/N-ethyl adjacent to an activating group) is 1. The van der Waals surface area contributed by atoms with E-state index in [2.05, 4.69) is 11.8 Å². The maximum Gasteiger partial charge on any atom is 0.225 e. The van der Waals surface area contributed by atoms with Gasteiger partial charge >= 0.3 is 0 Å². The zero-order valence-electron chi connectivity index (χ0n) is 14.9. The topological polar surface area (TPSA) is 53.1 Å². The van der Waals surface area contributed by atoms with Crippen LogP contribution in [-0.4, -0.2) is 85.5 Å². The second kappa shape index (κ2) is 8.30. The number of piperazine rings is 1. The van der Waals surface area contributed by atoms with Crippen molar-refractivity contribution < 1.29 is 14.3 Å². The monoisotopic (exact) mass is 337 g/mol. The second-order valence-electron chi connectivity index (χ2n) is 7.25. The van der Waals surface area contributed by atoms with Gasteiger partial charge in [-0.05, 0) is 32.2 Å². The van der Waals surface area contributed by atoms with Crippen LogP contribution >= 0.6 is 0 Å². The molecule has 0 aromatic carbocycles. The van der Waals surface area contributed by atoms with Gasteiger partial charge in [0.05, 0.1) is 0 Å². The molecule has 0 aromatic rings. The fourth-order valence-electron chi connectivity index (χ4n) is 4.09. The van der Waals surface area contributed by atoms with Gasteiger partial charge in [-0.2, -0.15) is 0 Å². The first-order valence-corrected chi connectivity index (χ1v) is 9.56. The maximum atomic E-state index is 12.7. The molecule has 3 aliphatic heterocycles. The Morgan fingerprint density at radius 3 is 1.83 bits per heavy atom. The van der Waals surface area contributed by atoms with Gasteiger partial charge in [0.25, 0.3) is 0 Å². The van der Waals surface area contributed by atoms with Crippen molar-refractivity contribution in [3.05, 3.63) is 0 Å². The molecule has 0 aromatic heterocycles. The minimum absolute atomic E-state index is 0.108. The fourth-order valence-corrected chi connectivity index (χ4v) is 4.09. The van der Waals surface area contributed by atoms with Gasteiger partial charge in [0, 0.05) is 64.3 Å². The molecule has 0 spiro atoms. The molecule has 0 unspecified atom stereocenters. The summed E-state index contributed by atoms with van der Waals surface area (Å²) in [6.07, 6.45) is 3.34. The minimum atomic E-state index is 0.108. The average Bonchev–Trinajstić information content (AvgIpc) is 2.68. The molecule has 0 saturated carbocycles. The smallest absolute Gasteiger partial charge is 0.225 e. The van der Waals surface area contributed by atoms with Gasteiger partial charge in [0.1, 0.15) is 0 Å². The largest absolute Gasteiger partial charge is 0.381 e. The first-order chi connectivity index (χ1) is 11.7. The van der Waals surface area contributed by atoms with Crippen LogP contribution in [0.5, 0.6) is 0 Å². The summed E-state index contributed by atoms with van der Waals surface area (Å²) >= 11 is 0. The molecule has 0 radical (unpaired) electrons. The number of likely N-dealkylation sites (tertiary alicyclic amines) is 1. The van der Waals surface area contributed by atoms with Crippen LogP contribution in [0.3, 0.4) is 0 Å². The van der Waals surface area contributed by atoms with Crippen LogP contribution in [-0.2, 0) is 14.3 Å². The standard InChI is InChI=1S/C18H31N3O3/c1-2-19-9-11-21(12-10-19)17(22)15-3-7-20(8-4-15)18(23)16-5-13-24-14-6-16/h15-16H,2-14H2,1H3. The molecule has 136 valence electrons. The van der Waals surface area contributed by atoms with Crippen molar-refractivity contribution in [2.45, 2.75) is 32.6 Å². The lowest BCUT2D eigenvalue weighted by Gasteiger charge is -2.39. The van der Waals surface area contributed by atoms with Gasteiger partial charge in [-0.15, -0.1) is 0 Å². The predicted molar refractivity (Wildman–Crippen MR) is 91.5 cm³/mol. The lowest BCUT2D eigenvalue weighted by atomic mass is 9.92. The number of nitrogens with zero attached hydrogens (tertiary/aromatic N) is 3. The second-order valence-corrected chi connectivity index (χ2v) is 7.25. The summed E-state index contributed by atoms with van der Waals surface area (Å²) in [6, 6.07) is 0. The molecular formula is C18H31N3O3. The minimum Gasteiger partial charge on any atom is -0.381 e. The van der Waals surface area contributed by atoms with Gasteiger partial charge in [-0.25, -0.2) is 0 Å². The number of hydrogen-bond donors (Lipinski definition) is 0. The van der Waals surface area contributed by atoms with E-state index >= 15 is 0 Å². The lowest BCUT2D eigenvalue weighted by molar-refractivity contribution is -0.145. The van der Waals surface area contributed by atoms with Crippen molar-refractivity contribution in [2.75, 3.05) is 59.0 Å². The Kier molecular flexibility index (Phi) is 6.11. The Morgan fingerprint density at radius 2 is 1.29 bits per heavy atom. The van der Waals surface area contributed by atoms with E-state index in [-0.39, 0.29) is 17.7 Å². The lowest BCUT2D eigenvalue weighted by Crippen LogP contribution is -2.52. The van der Waals surface area contributed by atoms with E-state index in [1.807, 2.05) is 9.80 Å². The zero-order chi connectivity index (χ0) is 16.9.